The summed E-state index contributed by atoms with van der Waals surface area (Å²) in [5.74, 6) is 0. The van der Waals surface area contributed by atoms with Gasteiger partial charge in [-0.05, 0) is 30.2 Å². The van der Waals surface area contributed by atoms with Crippen molar-refractivity contribution >= 4 is 9.84 Å². The van der Waals surface area contributed by atoms with Gasteiger partial charge < -0.3 is 0 Å². The number of hydrogen-bond donors (Lipinski definition) is 0. The lowest BCUT2D eigenvalue weighted by molar-refractivity contribution is 0.595. The van der Waals surface area contributed by atoms with E-state index in [1.54, 1.807) is 36.4 Å². The van der Waals surface area contributed by atoms with Gasteiger partial charge in [0.05, 0.1) is 15.5 Å². The summed E-state index contributed by atoms with van der Waals surface area (Å²) in [7, 11) is -3.53. The molecule has 0 radical (unpaired) electrons. The quantitative estimate of drug-likeness (QED) is 0.725. The number of sulfone groups is 1. The fraction of sp³-hybridized carbons (Fsp3) is 0.105. The Hall–Kier alpha value is -2.46. The summed E-state index contributed by atoms with van der Waals surface area (Å²) >= 11 is 0. The predicted octanol–water partition coefficient (Wildman–Crippen LogP) is 4.14. The van der Waals surface area contributed by atoms with Crippen LogP contribution in [0.4, 0.5) is 0 Å². The monoisotopic (exact) mass is 323 g/mol. The minimum atomic E-state index is -3.53. The van der Waals surface area contributed by atoms with E-state index < -0.39 is 9.84 Å². The molecule has 0 fully saturated rings. The molecular formula is C19H17NO2S. The number of nitrogens with zero attached hydrogens (tertiary/aromatic N) is 1. The van der Waals surface area contributed by atoms with Gasteiger partial charge in [0, 0.05) is 11.8 Å². The van der Waals surface area contributed by atoms with Crippen molar-refractivity contribution in [2.24, 2.45) is 0 Å². The summed E-state index contributed by atoms with van der Waals surface area (Å²) < 4.78 is 25.4. The molecule has 0 unspecified atom stereocenters. The third-order valence-electron chi connectivity index (χ3n) is 3.73. The zero-order valence-electron chi connectivity index (χ0n) is 12.8. The molecule has 0 saturated heterocycles. The Morgan fingerprint density at radius 1 is 0.870 bits per heavy atom. The predicted molar refractivity (Wildman–Crippen MR) is 90.9 cm³/mol. The van der Waals surface area contributed by atoms with Gasteiger partial charge in [0.2, 0.25) is 9.84 Å². The second-order valence-corrected chi connectivity index (χ2v) is 7.16. The first-order valence-corrected chi connectivity index (χ1v) is 8.95. The number of aromatic nitrogens is 1. The standard InChI is InChI=1S/C19H17NO2S/c1-2-15-13-18(23(21,22)17-11-7-4-8-12-17)14-20-19(15)16-9-5-3-6-10-16/h3-14H,2H2,1H3. The molecule has 3 aromatic rings. The number of aryl methyl sites for hydroxylation is 1. The molecule has 0 saturated carbocycles. The maximum Gasteiger partial charge on any atom is 0.208 e. The summed E-state index contributed by atoms with van der Waals surface area (Å²) in [5.41, 5.74) is 2.75. The van der Waals surface area contributed by atoms with Crippen molar-refractivity contribution in [3.05, 3.63) is 78.5 Å². The van der Waals surface area contributed by atoms with Crippen molar-refractivity contribution in [1.82, 2.24) is 4.98 Å². The van der Waals surface area contributed by atoms with E-state index in [4.69, 9.17) is 0 Å². The number of pyridine rings is 1. The molecule has 2 aromatic carbocycles. The molecule has 0 N–H and O–H groups in total. The van der Waals surface area contributed by atoms with Crippen LogP contribution in [0.25, 0.3) is 11.3 Å². The molecule has 0 aliphatic carbocycles. The lowest BCUT2D eigenvalue weighted by Crippen LogP contribution is -2.04. The van der Waals surface area contributed by atoms with E-state index in [1.165, 1.54) is 6.20 Å². The third-order valence-corrected chi connectivity index (χ3v) is 5.47. The first-order chi connectivity index (χ1) is 11.1. The maximum atomic E-state index is 12.7. The molecule has 116 valence electrons. The molecule has 0 atom stereocenters. The van der Waals surface area contributed by atoms with Crippen LogP contribution in [-0.4, -0.2) is 13.4 Å². The first-order valence-electron chi connectivity index (χ1n) is 7.47. The lowest BCUT2D eigenvalue weighted by Gasteiger charge is -2.10. The van der Waals surface area contributed by atoms with E-state index in [1.807, 2.05) is 37.3 Å². The summed E-state index contributed by atoms with van der Waals surface area (Å²) in [6.07, 6.45) is 2.17. The van der Waals surface area contributed by atoms with Gasteiger partial charge in [-0.25, -0.2) is 8.42 Å². The van der Waals surface area contributed by atoms with Crippen molar-refractivity contribution < 1.29 is 8.42 Å². The Labute approximate surface area is 136 Å². The van der Waals surface area contributed by atoms with Crippen molar-refractivity contribution in [2.75, 3.05) is 0 Å². The lowest BCUT2D eigenvalue weighted by atomic mass is 10.0. The van der Waals surface area contributed by atoms with E-state index in [0.717, 1.165) is 23.2 Å². The summed E-state index contributed by atoms with van der Waals surface area (Å²) in [6, 6.07) is 20.0. The normalized spacial score (nSPS) is 11.3. The molecular weight excluding hydrogens is 306 g/mol. The third kappa shape index (κ3) is 3.03. The molecule has 3 rings (SSSR count). The highest BCUT2D eigenvalue weighted by atomic mass is 32.2. The minimum Gasteiger partial charge on any atom is -0.255 e. The van der Waals surface area contributed by atoms with Crippen LogP contribution < -0.4 is 0 Å². The summed E-state index contributed by atoms with van der Waals surface area (Å²) in [6.45, 7) is 2.00. The second-order valence-electron chi connectivity index (χ2n) is 5.21. The van der Waals surface area contributed by atoms with Crippen molar-refractivity contribution in [2.45, 2.75) is 23.1 Å². The van der Waals surface area contributed by atoms with Crippen molar-refractivity contribution in [3.63, 3.8) is 0 Å². The smallest absolute Gasteiger partial charge is 0.208 e. The fourth-order valence-corrected chi connectivity index (χ4v) is 3.77. The highest BCUT2D eigenvalue weighted by molar-refractivity contribution is 7.91. The maximum absolute atomic E-state index is 12.7. The van der Waals surface area contributed by atoms with Gasteiger partial charge in [-0.15, -0.1) is 0 Å². The highest BCUT2D eigenvalue weighted by Crippen LogP contribution is 2.26. The van der Waals surface area contributed by atoms with Gasteiger partial charge in [-0.2, -0.15) is 0 Å². The summed E-state index contributed by atoms with van der Waals surface area (Å²) in [5, 5.41) is 0. The van der Waals surface area contributed by atoms with Gasteiger partial charge in [0.25, 0.3) is 0 Å². The van der Waals surface area contributed by atoms with Crippen LogP contribution in [0.2, 0.25) is 0 Å². The second kappa shape index (κ2) is 6.34. The largest absolute Gasteiger partial charge is 0.255 e. The number of rotatable bonds is 4. The molecule has 0 spiro atoms. The summed E-state index contributed by atoms with van der Waals surface area (Å²) in [4.78, 5) is 4.96. The van der Waals surface area contributed by atoms with E-state index in [-0.39, 0.29) is 9.79 Å². The SMILES string of the molecule is CCc1cc(S(=O)(=O)c2ccccc2)cnc1-c1ccccc1. The molecule has 0 amide bonds. The van der Waals surface area contributed by atoms with Crippen LogP contribution in [0.15, 0.2) is 82.7 Å². The van der Waals surface area contributed by atoms with Crippen LogP contribution in [0.5, 0.6) is 0 Å². The molecule has 0 bridgehead atoms. The van der Waals surface area contributed by atoms with Crippen molar-refractivity contribution in [1.29, 1.82) is 0 Å². The Morgan fingerprint density at radius 3 is 2.09 bits per heavy atom. The van der Waals surface area contributed by atoms with Crippen LogP contribution in [0.1, 0.15) is 12.5 Å². The van der Waals surface area contributed by atoms with Crippen molar-refractivity contribution in [3.8, 4) is 11.3 Å². The average molecular weight is 323 g/mol. The molecule has 1 heterocycles. The van der Waals surface area contributed by atoms with Gasteiger partial charge in [-0.3, -0.25) is 4.98 Å². The minimum absolute atomic E-state index is 0.236. The molecule has 4 heteroatoms. The van der Waals surface area contributed by atoms with E-state index >= 15 is 0 Å². The Morgan fingerprint density at radius 2 is 1.48 bits per heavy atom. The van der Waals surface area contributed by atoms with E-state index in [0.29, 0.717) is 0 Å². The Balaban J connectivity index is 2.10. The molecule has 0 aliphatic heterocycles. The van der Waals surface area contributed by atoms with E-state index in [9.17, 15) is 8.42 Å². The fourth-order valence-electron chi connectivity index (χ4n) is 2.50. The zero-order valence-corrected chi connectivity index (χ0v) is 13.6. The number of benzene rings is 2. The number of hydrogen-bond acceptors (Lipinski definition) is 3. The van der Waals surface area contributed by atoms with Gasteiger partial charge >= 0.3 is 0 Å². The van der Waals surface area contributed by atoms with Gasteiger partial charge in [0.15, 0.2) is 0 Å². The molecule has 0 aliphatic rings. The van der Waals surface area contributed by atoms with Crippen LogP contribution in [-0.2, 0) is 16.3 Å². The topological polar surface area (TPSA) is 47.0 Å². The zero-order chi connectivity index (χ0) is 16.3. The van der Waals surface area contributed by atoms with Gasteiger partial charge in [-0.1, -0.05) is 55.5 Å². The van der Waals surface area contributed by atoms with Gasteiger partial charge in [0.1, 0.15) is 0 Å². The highest BCUT2D eigenvalue weighted by Gasteiger charge is 2.19. The molecule has 23 heavy (non-hydrogen) atoms. The molecule has 3 nitrogen and oxygen atoms in total. The first kappa shape index (κ1) is 15.4. The molecule has 1 aromatic heterocycles. The average Bonchev–Trinajstić information content (AvgIpc) is 2.62. The van der Waals surface area contributed by atoms with Crippen LogP contribution >= 0.6 is 0 Å². The van der Waals surface area contributed by atoms with E-state index in [2.05, 4.69) is 4.98 Å². The van der Waals surface area contributed by atoms with Crippen LogP contribution in [0, 0.1) is 0 Å². The Kier molecular flexibility index (Phi) is 4.26. The van der Waals surface area contributed by atoms with Crippen LogP contribution in [0.3, 0.4) is 0 Å². The Bertz CT molecular complexity index is 905.